The number of nitrogens with zero attached hydrogens (tertiary/aromatic N) is 3. The first-order chi connectivity index (χ1) is 10.9. The van der Waals surface area contributed by atoms with Crippen molar-refractivity contribution in [1.82, 2.24) is 20.2 Å². The maximum Gasteiger partial charge on any atom is 0.275 e. The summed E-state index contributed by atoms with van der Waals surface area (Å²) in [6.07, 6.45) is 1.92. The molecule has 0 atom stereocenters. The Morgan fingerprint density at radius 1 is 1.43 bits per heavy atom. The summed E-state index contributed by atoms with van der Waals surface area (Å²) in [5.41, 5.74) is 7.03. The van der Waals surface area contributed by atoms with Crippen molar-refractivity contribution in [3.05, 3.63) is 35.9 Å². The zero-order valence-electron chi connectivity index (χ0n) is 12.9. The molecule has 0 fully saturated rings. The minimum Gasteiger partial charge on any atom is -0.383 e. The summed E-state index contributed by atoms with van der Waals surface area (Å²) >= 11 is 0. The number of H-pyrrole nitrogens is 1. The topological polar surface area (TPSA) is 145 Å². The number of amides is 1. The fourth-order valence-electron chi connectivity index (χ4n) is 1.77. The van der Waals surface area contributed by atoms with Gasteiger partial charge in [-0.1, -0.05) is 13.5 Å². The van der Waals surface area contributed by atoms with E-state index in [1.807, 2.05) is 6.92 Å². The van der Waals surface area contributed by atoms with Crippen LogP contribution in [0, 0.1) is 12.3 Å². The van der Waals surface area contributed by atoms with Gasteiger partial charge < -0.3 is 16.4 Å². The lowest BCUT2D eigenvalue weighted by atomic mass is 10.1. The molecular weight excluding hydrogens is 296 g/mol. The average molecular weight is 314 g/mol. The first kappa shape index (κ1) is 16.1. The number of aromatic amines is 1. The molecule has 23 heavy (non-hydrogen) atoms. The minimum atomic E-state index is -0.664. The Bertz CT molecular complexity index is 764. The second kappa shape index (κ2) is 6.69. The molecular formula is C14H18N8O. The van der Waals surface area contributed by atoms with Crippen LogP contribution in [0.15, 0.2) is 24.7 Å². The number of nitrogens with one attached hydrogen (secondary N) is 4. The third-order valence-corrected chi connectivity index (χ3v) is 3.02. The third kappa shape index (κ3) is 3.70. The Hall–Kier alpha value is -3.23. The van der Waals surface area contributed by atoms with Gasteiger partial charge in [0.1, 0.15) is 23.7 Å². The number of rotatable bonds is 6. The first-order valence-electron chi connectivity index (χ1n) is 6.90. The van der Waals surface area contributed by atoms with Crippen LogP contribution in [0.4, 0.5) is 17.5 Å². The van der Waals surface area contributed by atoms with Crippen LogP contribution in [0.2, 0.25) is 0 Å². The third-order valence-electron chi connectivity index (χ3n) is 3.02. The Labute approximate surface area is 132 Å². The van der Waals surface area contributed by atoms with Crippen molar-refractivity contribution in [2.75, 3.05) is 16.4 Å². The molecule has 0 aliphatic carbocycles. The fourth-order valence-corrected chi connectivity index (χ4v) is 1.77. The highest BCUT2D eigenvalue weighted by molar-refractivity contribution is 6.49. The SMILES string of the molecule is C=C(CC)Nc1ncnc(N)c1C(=N)C(=O)Nc1cc(C)[nH]n1. The maximum absolute atomic E-state index is 12.2. The number of aromatic nitrogens is 4. The van der Waals surface area contributed by atoms with Crippen LogP contribution in [0.25, 0.3) is 0 Å². The molecule has 1 amide bonds. The van der Waals surface area contributed by atoms with Gasteiger partial charge in [-0.3, -0.25) is 15.3 Å². The number of carbonyl (C=O) groups is 1. The van der Waals surface area contributed by atoms with E-state index < -0.39 is 5.91 Å². The summed E-state index contributed by atoms with van der Waals surface area (Å²) in [7, 11) is 0. The van der Waals surface area contributed by atoms with Crippen molar-refractivity contribution < 1.29 is 4.79 Å². The van der Waals surface area contributed by atoms with E-state index in [0.717, 1.165) is 5.69 Å². The highest BCUT2D eigenvalue weighted by atomic mass is 16.1. The number of carbonyl (C=O) groups excluding carboxylic acids is 1. The second-order valence-electron chi connectivity index (χ2n) is 4.83. The van der Waals surface area contributed by atoms with Crippen molar-refractivity contribution in [3.8, 4) is 0 Å². The lowest BCUT2D eigenvalue weighted by Gasteiger charge is -2.13. The second-order valence-corrected chi connectivity index (χ2v) is 4.83. The van der Waals surface area contributed by atoms with Gasteiger partial charge in [0, 0.05) is 17.5 Å². The van der Waals surface area contributed by atoms with Gasteiger partial charge in [0.05, 0.1) is 5.56 Å². The molecule has 9 heteroatoms. The molecule has 9 nitrogen and oxygen atoms in total. The summed E-state index contributed by atoms with van der Waals surface area (Å²) < 4.78 is 0. The molecule has 0 aliphatic rings. The molecule has 0 bridgehead atoms. The largest absolute Gasteiger partial charge is 0.383 e. The van der Waals surface area contributed by atoms with E-state index in [9.17, 15) is 4.79 Å². The quantitative estimate of drug-likeness (QED) is 0.510. The van der Waals surface area contributed by atoms with Gasteiger partial charge in [-0.25, -0.2) is 9.97 Å². The number of allylic oxidation sites excluding steroid dienone is 1. The molecule has 2 heterocycles. The minimum absolute atomic E-state index is 0.0322. The van der Waals surface area contributed by atoms with Gasteiger partial charge in [0.2, 0.25) is 0 Å². The van der Waals surface area contributed by atoms with Gasteiger partial charge in [-0.2, -0.15) is 5.10 Å². The molecule has 0 radical (unpaired) electrons. The molecule has 0 spiro atoms. The van der Waals surface area contributed by atoms with Gasteiger partial charge in [-0.15, -0.1) is 0 Å². The highest BCUT2D eigenvalue weighted by Crippen LogP contribution is 2.20. The molecule has 6 N–H and O–H groups in total. The number of hydrogen-bond acceptors (Lipinski definition) is 7. The summed E-state index contributed by atoms with van der Waals surface area (Å²) in [6.45, 7) is 7.53. The van der Waals surface area contributed by atoms with Crippen LogP contribution in [-0.4, -0.2) is 31.8 Å². The number of nitrogen functional groups attached to an aromatic ring is 1. The number of aryl methyl sites for hydroxylation is 1. The fraction of sp³-hybridized carbons (Fsp3) is 0.214. The predicted octanol–water partition coefficient (Wildman–Crippen LogP) is 1.43. The van der Waals surface area contributed by atoms with Crippen LogP contribution in [-0.2, 0) is 4.79 Å². The van der Waals surface area contributed by atoms with E-state index in [2.05, 4.69) is 37.4 Å². The number of anilines is 3. The van der Waals surface area contributed by atoms with Crippen LogP contribution in [0.1, 0.15) is 24.6 Å². The van der Waals surface area contributed by atoms with Crippen molar-refractivity contribution in [1.29, 1.82) is 5.41 Å². The first-order valence-corrected chi connectivity index (χ1v) is 6.90. The van der Waals surface area contributed by atoms with Gasteiger partial charge in [-0.05, 0) is 13.3 Å². The molecule has 0 saturated heterocycles. The van der Waals surface area contributed by atoms with Crippen molar-refractivity contribution in [3.63, 3.8) is 0 Å². The van der Waals surface area contributed by atoms with Crippen LogP contribution < -0.4 is 16.4 Å². The maximum atomic E-state index is 12.2. The zero-order valence-corrected chi connectivity index (χ0v) is 12.9. The van der Waals surface area contributed by atoms with E-state index in [4.69, 9.17) is 11.1 Å². The number of nitrogens with two attached hydrogens (primary N) is 1. The van der Waals surface area contributed by atoms with E-state index >= 15 is 0 Å². The molecule has 120 valence electrons. The lowest BCUT2D eigenvalue weighted by Crippen LogP contribution is -2.26. The molecule has 0 saturated carbocycles. The van der Waals surface area contributed by atoms with E-state index in [1.54, 1.807) is 13.0 Å². The molecule has 2 rings (SSSR count). The van der Waals surface area contributed by atoms with Gasteiger partial charge >= 0.3 is 0 Å². The normalized spacial score (nSPS) is 10.2. The van der Waals surface area contributed by atoms with E-state index in [0.29, 0.717) is 17.9 Å². The summed E-state index contributed by atoms with van der Waals surface area (Å²) in [5.74, 6) is -0.0456. The average Bonchev–Trinajstić information content (AvgIpc) is 2.91. The summed E-state index contributed by atoms with van der Waals surface area (Å²) in [5, 5.41) is 20.1. The Kier molecular flexibility index (Phi) is 4.69. The van der Waals surface area contributed by atoms with Gasteiger partial charge in [0.25, 0.3) is 5.91 Å². The summed E-state index contributed by atoms with van der Waals surface area (Å²) in [4.78, 5) is 20.1. The zero-order chi connectivity index (χ0) is 17.0. The van der Waals surface area contributed by atoms with E-state index in [-0.39, 0.29) is 22.9 Å². The Morgan fingerprint density at radius 3 is 2.78 bits per heavy atom. The standard InChI is InChI=1S/C14H18N8O/c1-4-7(2)19-13-10(12(16)17-6-18-13)11(15)14(23)20-9-5-8(3)21-22-9/h5-6,15H,2,4H2,1,3H3,(H3,16,17,18,19)(H2,20,21,22,23). The molecule has 0 unspecified atom stereocenters. The van der Waals surface area contributed by atoms with Crippen LogP contribution in [0.5, 0.6) is 0 Å². The Balaban J connectivity index is 2.27. The van der Waals surface area contributed by atoms with Crippen molar-refractivity contribution in [2.45, 2.75) is 20.3 Å². The molecule has 0 aromatic carbocycles. The lowest BCUT2D eigenvalue weighted by molar-refractivity contribution is -0.110. The molecule has 0 aliphatic heterocycles. The van der Waals surface area contributed by atoms with Gasteiger partial charge in [0.15, 0.2) is 5.82 Å². The monoisotopic (exact) mass is 314 g/mol. The van der Waals surface area contributed by atoms with E-state index in [1.165, 1.54) is 6.33 Å². The number of hydrogen-bond donors (Lipinski definition) is 5. The molecule has 2 aromatic rings. The van der Waals surface area contributed by atoms with Crippen molar-refractivity contribution in [2.24, 2.45) is 0 Å². The summed E-state index contributed by atoms with van der Waals surface area (Å²) in [6, 6.07) is 1.65. The Morgan fingerprint density at radius 2 is 2.17 bits per heavy atom. The van der Waals surface area contributed by atoms with Crippen LogP contribution in [0.3, 0.4) is 0 Å². The molecule has 2 aromatic heterocycles. The van der Waals surface area contributed by atoms with Crippen molar-refractivity contribution >= 4 is 29.1 Å². The smallest absolute Gasteiger partial charge is 0.275 e. The highest BCUT2D eigenvalue weighted by Gasteiger charge is 2.21. The predicted molar refractivity (Wildman–Crippen MR) is 88.3 cm³/mol. The van der Waals surface area contributed by atoms with Crippen LogP contribution >= 0.6 is 0 Å².